The van der Waals surface area contributed by atoms with Crippen LogP contribution in [0.4, 0.5) is 4.79 Å². The van der Waals surface area contributed by atoms with Crippen LogP contribution in [0.1, 0.15) is 33.6 Å². The van der Waals surface area contributed by atoms with E-state index in [1.165, 1.54) is 0 Å². The van der Waals surface area contributed by atoms with E-state index in [-0.39, 0.29) is 24.5 Å². The smallest absolute Gasteiger partial charge is 0.320 e. The highest BCUT2D eigenvalue weighted by molar-refractivity contribution is 7.98. The molecule has 0 bridgehead atoms. The van der Waals surface area contributed by atoms with Gasteiger partial charge in [0.05, 0.1) is 6.42 Å². The van der Waals surface area contributed by atoms with Gasteiger partial charge in [-0.05, 0) is 39.2 Å². The number of urea groups is 1. The molecule has 0 atom stereocenters. The Balaban J connectivity index is 4.57. The molecule has 0 heterocycles. The van der Waals surface area contributed by atoms with E-state index in [4.69, 9.17) is 5.11 Å². The van der Waals surface area contributed by atoms with Gasteiger partial charge in [-0.15, -0.1) is 0 Å². The van der Waals surface area contributed by atoms with Gasteiger partial charge in [0.25, 0.3) is 0 Å². The molecule has 0 saturated heterocycles. The molecule has 5 nitrogen and oxygen atoms in total. The van der Waals surface area contributed by atoms with E-state index in [0.717, 1.165) is 12.2 Å². The molecule has 0 saturated carbocycles. The Morgan fingerprint density at radius 1 is 1.21 bits per heavy atom. The predicted octanol–water partition coefficient (Wildman–Crippen LogP) is 2.37. The molecule has 0 fully saturated rings. The fourth-order valence-corrected chi connectivity index (χ4v) is 2.09. The van der Waals surface area contributed by atoms with Crippen LogP contribution < -0.4 is 0 Å². The number of carbonyl (C=O) groups is 2. The third-order valence-electron chi connectivity index (χ3n) is 2.76. The minimum Gasteiger partial charge on any atom is -0.481 e. The average molecular weight is 290 g/mol. The maximum atomic E-state index is 12.3. The third kappa shape index (κ3) is 7.30. The van der Waals surface area contributed by atoms with Crippen LogP contribution >= 0.6 is 11.8 Å². The Bertz CT molecular complexity index is 303. The molecule has 0 aromatic heterocycles. The Kier molecular flexibility index (Phi) is 7.90. The summed E-state index contributed by atoms with van der Waals surface area (Å²) >= 11 is 1.75. The molecule has 0 aliphatic heterocycles. The van der Waals surface area contributed by atoms with Crippen molar-refractivity contribution in [1.82, 2.24) is 9.80 Å². The number of carboxylic acids is 1. The van der Waals surface area contributed by atoms with Gasteiger partial charge < -0.3 is 14.9 Å². The quantitative estimate of drug-likeness (QED) is 0.731. The van der Waals surface area contributed by atoms with Crippen molar-refractivity contribution in [3.8, 4) is 0 Å². The minimum atomic E-state index is -0.882. The number of carboxylic acid groups (broad SMARTS) is 1. The van der Waals surface area contributed by atoms with E-state index in [9.17, 15) is 9.59 Å². The zero-order valence-electron chi connectivity index (χ0n) is 12.6. The number of hydrogen-bond acceptors (Lipinski definition) is 3. The van der Waals surface area contributed by atoms with E-state index >= 15 is 0 Å². The summed E-state index contributed by atoms with van der Waals surface area (Å²) in [5.41, 5.74) is -0.375. The summed E-state index contributed by atoms with van der Waals surface area (Å²) in [7, 11) is 1.77. The lowest BCUT2D eigenvalue weighted by Gasteiger charge is -2.38. The van der Waals surface area contributed by atoms with Crippen molar-refractivity contribution >= 4 is 23.8 Å². The van der Waals surface area contributed by atoms with Crippen LogP contribution in [-0.2, 0) is 4.79 Å². The Morgan fingerprint density at radius 3 is 2.21 bits per heavy atom. The van der Waals surface area contributed by atoms with Gasteiger partial charge in [0.1, 0.15) is 0 Å². The van der Waals surface area contributed by atoms with Gasteiger partial charge in [0, 0.05) is 25.7 Å². The topological polar surface area (TPSA) is 60.9 Å². The maximum absolute atomic E-state index is 12.3. The molecule has 112 valence electrons. The first-order chi connectivity index (χ1) is 8.70. The molecular formula is C13H26N2O3S. The van der Waals surface area contributed by atoms with E-state index in [2.05, 4.69) is 0 Å². The largest absolute Gasteiger partial charge is 0.481 e. The number of nitrogens with zero attached hydrogens (tertiary/aromatic N) is 2. The van der Waals surface area contributed by atoms with Gasteiger partial charge in [-0.2, -0.15) is 11.8 Å². The summed E-state index contributed by atoms with van der Waals surface area (Å²) in [4.78, 5) is 26.3. The number of hydrogen-bond donors (Lipinski definition) is 1. The highest BCUT2D eigenvalue weighted by atomic mass is 32.2. The summed E-state index contributed by atoms with van der Waals surface area (Å²) < 4.78 is 0. The molecule has 0 aliphatic carbocycles. The zero-order valence-corrected chi connectivity index (χ0v) is 13.4. The number of thioether (sulfide) groups is 1. The van der Waals surface area contributed by atoms with Gasteiger partial charge in [-0.25, -0.2) is 4.79 Å². The second-order valence-corrected chi connectivity index (χ2v) is 6.50. The van der Waals surface area contributed by atoms with Crippen LogP contribution in [0.2, 0.25) is 0 Å². The average Bonchev–Trinajstić information content (AvgIpc) is 2.26. The molecule has 0 rings (SSSR count). The summed E-state index contributed by atoms with van der Waals surface area (Å²) in [6.45, 7) is 6.69. The minimum absolute atomic E-state index is 0.0261. The lowest BCUT2D eigenvalue weighted by Crippen LogP contribution is -2.51. The van der Waals surface area contributed by atoms with Crippen molar-refractivity contribution in [3.63, 3.8) is 0 Å². The van der Waals surface area contributed by atoms with E-state index < -0.39 is 5.97 Å². The SMILES string of the molecule is CSCCCN(C)C(=O)N(CCC(=O)O)C(C)(C)C. The maximum Gasteiger partial charge on any atom is 0.320 e. The van der Waals surface area contributed by atoms with Gasteiger partial charge in [0.2, 0.25) is 0 Å². The van der Waals surface area contributed by atoms with Crippen molar-refractivity contribution in [3.05, 3.63) is 0 Å². The Labute approximate surface area is 120 Å². The van der Waals surface area contributed by atoms with Crippen molar-refractivity contribution < 1.29 is 14.7 Å². The van der Waals surface area contributed by atoms with Crippen molar-refractivity contribution in [2.45, 2.75) is 39.2 Å². The number of aliphatic carboxylic acids is 1. The number of rotatable bonds is 7. The molecule has 0 spiro atoms. The van der Waals surface area contributed by atoms with Crippen LogP contribution in [-0.4, -0.2) is 64.6 Å². The van der Waals surface area contributed by atoms with Gasteiger partial charge in [0.15, 0.2) is 0 Å². The summed E-state index contributed by atoms with van der Waals surface area (Å²) in [5.74, 6) is 0.134. The summed E-state index contributed by atoms with van der Waals surface area (Å²) in [6, 6.07) is -0.102. The normalized spacial score (nSPS) is 11.2. The van der Waals surface area contributed by atoms with Crippen LogP contribution in [0, 0.1) is 0 Å². The molecule has 0 aromatic carbocycles. The van der Waals surface area contributed by atoms with Crippen molar-refractivity contribution in [2.24, 2.45) is 0 Å². The molecule has 1 N–H and O–H groups in total. The molecule has 2 amide bonds. The van der Waals surface area contributed by atoms with E-state index in [1.807, 2.05) is 27.0 Å². The molecular weight excluding hydrogens is 264 g/mol. The van der Waals surface area contributed by atoms with Gasteiger partial charge in [-0.3, -0.25) is 4.79 Å². The van der Waals surface area contributed by atoms with E-state index in [1.54, 1.807) is 28.6 Å². The zero-order chi connectivity index (χ0) is 15.1. The highest BCUT2D eigenvalue weighted by Crippen LogP contribution is 2.16. The van der Waals surface area contributed by atoms with Crippen molar-refractivity contribution in [2.75, 3.05) is 32.1 Å². The first-order valence-electron chi connectivity index (χ1n) is 6.43. The lowest BCUT2D eigenvalue weighted by molar-refractivity contribution is -0.137. The molecule has 0 aliphatic rings. The highest BCUT2D eigenvalue weighted by Gasteiger charge is 2.28. The predicted molar refractivity (Wildman–Crippen MR) is 79.7 cm³/mol. The first-order valence-corrected chi connectivity index (χ1v) is 7.83. The monoisotopic (exact) mass is 290 g/mol. The van der Waals surface area contributed by atoms with E-state index in [0.29, 0.717) is 6.54 Å². The Hall–Kier alpha value is -0.910. The van der Waals surface area contributed by atoms with Gasteiger partial charge >= 0.3 is 12.0 Å². The second-order valence-electron chi connectivity index (χ2n) is 5.52. The fourth-order valence-electron chi connectivity index (χ4n) is 1.67. The molecule has 6 heteroatoms. The molecule has 0 radical (unpaired) electrons. The molecule has 0 aromatic rings. The summed E-state index contributed by atoms with van der Waals surface area (Å²) in [6.07, 6.45) is 2.96. The van der Waals surface area contributed by atoms with Gasteiger partial charge in [-0.1, -0.05) is 0 Å². The van der Waals surface area contributed by atoms with Crippen LogP contribution in [0.5, 0.6) is 0 Å². The summed E-state index contributed by atoms with van der Waals surface area (Å²) in [5, 5.41) is 8.77. The Morgan fingerprint density at radius 2 is 1.79 bits per heavy atom. The first kappa shape index (κ1) is 18.1. The number of amides is 2. The van der Waals surface area contributed by atoms with Crippen LogP contribution in [0.3, 0.4) is 0 Å². The number of carbonyl (C=O) groups excluding carboxylic acids is 1. The molecule has 0 unspecified atom stereocenters. The van der Waals surface area contributed by atoms with Crippen molar-refractivity contribution in [1.29, 1.82) is 0 Å². The lowest BCUT2D eigenvalue weighted by atomic mass is 10.1. The standard InChI is InChI=1S/C13H26N2O3S/c1-13(2,3)15(9-7-11(16)17)12(18)14(4)8-6-10-19-5/h6-10H2,1-5H3,(H,16,17). The van der Waals surface area contributed by atoms with Crippen LogP contribution in [0.25, 0.3) is 0 Å². The second kappa shape index (κ2) is 8.30. The third-order valence-corrected chi connectivity index (χ3v) is 3.46. The molecule has 19 heavy (non-hydrogen) atoms. The van der Waals surface area contributed by atoms with Crippen LogP contribution in [0.15, 0.2) is 0 Å². The fraction of sp³-hybridized carbons (Fsp3) is 0.846.